The quantitative estimate of drug-likeness (QED) is 0.899. The van der Waals surface area contributed by atoms with Crippen LogP contribution in [-0.2, 0) is 0 Å². The van der Waals surface area contributed by atoms with Crippen molar-refractivity contribution in [3.8, 4) is 6.07 Å². The van der Waals surface area contributed by atoms with Gasteiger partial charge < -0.3 is 15.0 Å². The number of benzene rings is 1. The molecule has 5 heteroatoms. The summed E-state index contributed by atoms with van der Waals surface area (Å²) in [5.41, 5.74) is 2.83. The first-order valence-corrected chi connectivity index (χ1v) is 9.17. The van der Waals surface area contributed by atoms with E-state index in [0.717, 1.165) is 48.9 Å². The lowest BCUT2D eigenvalue weighted by Gasteiger charge is -2.34. The SMILES string of the molecule is N#Cc1c(N2CCC(CCO)CC2)c2cc(C3CC3)ccc2[nH]c1=O. The summed E-state index contributed by atoms with van der Waals surface area (Å²) in [6.45, 7) is 1.88. The van der Waals surface area contributed by atoms with Crippen molar-refractivity contribution in [3.05, 3.63) is 39.7 Å². The fourth-order valence-electron chi connectivity index (χ4n) is 4.02. The summed E-state index contributed by atoms with van der Waals surface area (Å²) in [6.07, 6.45) is 5.26. The van der Waals surface area contributed by atoms with Gasteiger partial charge in [-0.3, -0.25) is 4.79 Å². The molecular formula is C20H23N3O2. The molecule has 5 nitrogen and oxygen atoms in total. The Morgan fingerprint density at radius 3 is 2.64 bits per heavy atom. The molecule has 0 radical (unpaired) electrons. The molecule has 2 aliphatic rings. The molecule has 0 atom stereocenters. The van der Waals surface area contributed by atoms with Gasteiger partial charge in [-0.2, -0.15) is 5.26 Å². The van der Waals surface area contributed by atoms with Crippen LogP contribution in [0.5, 0.6) is 0 Å². The molecule has 0 amide bonds. The zero-order chi connectivity index (χ0) is 17.4. The van der Waals surface area contributed by atoms with Crippen LogP contribution in [0.25, 0.3) is 10.9 Å². The van der Waals surface area contributed by atoms with E-state index in [1.165, 1.54) is 18.4 Å². The predicted octanol–water partition coefficient (Wildman–Crippen LogP) is 2.88. The minimum Gasteiger partial charge on any atom is -0.396 e. The summed E-state index contributed by atoms with van der Waals surface area (Å²) >= 11 is 0. The smallest absolute Gasteiger partial charge is 0.268 e. The molecule has 0 spiro atoms. The third-order valence-corrected chi connectivity index (χ3v) is 5.64. The lowest BCUT2D eigenvalue weighted by Crippen LogP contribution is -2.35. The van der Waals surface area contributed by atoms with E-state index in [-0.39, 0.29) is 17.7 Å². The average Bonchev–Trinajstić information content (AvgIpc) is 3.46. The molecule has 0 unspecified atom stereocenters. The number of H-pyrrole nitrogens is 1. The second-order valence-corrected chi connectivity index (χ2v) is 7.31. The molecule has 1 aliphatic carbocycles. The molecule has 2 fully saturated rings. The number of aliphatic hydroxyl groups is 1. The van der Waals surface area contributed by atoms with Crippen LogP contribution in [0, 0.1) is 17.2 Å². The van der Waals surface area contributed by atoms with Crippen LogP contribution in [-0.4, -0.2) is 29.8 Å². The lowest BCUT2D eigenvalue weighted by atomic mass is 9.92. The van der Waals surface area contributed by atoms with Crippen LogP contribution in [0.2, 0.25) is 0 Å². The molecule has 0 bridgehead atoms. The van der Waals surface area contributed by atoms with E-state index in [0.29, 0.717) is 11.8 Å². The Kier molecular flexibility index (Phi) is 4.22. The summed E-state index contributed by atoms with van der Waals surface area (Å²) in [7, 11) is 0. The van der Waals surface area contributed by atoms with E-state index >= 15 is 0 Å². The number of nitrogens with one attached hydrogen (secondary N) is 1. The lowest BCUT2D eigenvalue weighted by molar-refractivity contribution is 0.240. The number of hydrogen-bond acceptors (Lipinski definition) is 4. The van der Waals surface area contributed by atoms with Gasteiger partial charge in [0.25, 0.3) is 5.56 Å². The standard InChI is InChI=1S/C20H23N3O2/c21-12-17-19(23-8-5-13(6-9-23)7-10-24)16-11-15(14-1-2-14)3-4-18(16)22-20(17)25/h3-4,11,13-14,24H,1-2,5-10H2,(H,22,25). The van der Waals surface area contributed by atoms with Gasteiger partial charge in [-0.05, 0) is 61.6 Å². The first-order valence-electron chi connectivity index (χ1n) is 9.17. The fourth-order valence-corrected chi connectivity index (χ4v) is 4.02. The topological polar surface area (TPSA) is 80.1 Å². The molecule has 2 aromatic rings. The number of piperidine rings is 1. The van der Waals surface area contributed by atoms with E-state index < -0.39 is 0 Å². The number of fused-ring (bicyclic) bond motifs is 1. The second kappa shape index (κ2) is 6.53. The van der Waals surface area contributed by atoms with E-state index in [9.17, 15) is 10.1 Å². The number of anilines is 1. The van der Waals surface area contributed by atoms with Gasteiger partial charge in [0.15, 0.2) is 0 Å². The van der Waals surface area contributed by atoms with Crippen LogP contribution in [0.15, 0.2) is 23.0 Å². The molecule has 1 saturated carbocycles. The third-order valence-electron chi connectivity index (χ3n) is 5.64. The Labute approximate surface area is 146 Å². The maximum Gasteiger partial charge on any atom is 0.268 e. The van der Waals surface area contributed by atoms with E-state index in [2.05, 4.69) is 28.1 Å². The Morgan fingerprint density at radius 1 is 1.24 bits per heavy atom. The number of aromatic amines is 1. The van der Waals surface area contributed by atoms with Crippen molar-refractivity contribution in [1.29, 1.82) is 5.26 Å². The summed E-state index contributed by atoms with van der Waals surface area (Å²) in [4.78, 5) is 17.4. The maximum atomic E-state index is 12.4. The van der Waals surface area contributed by atoms with Crippen molar-refractivity contribution in [2.24, 2.45) is 5.92 Å². The largest absolute Gasteiger partial charge is 0.396 e. The Morgan fingerprint density at radius 2 is 2.00 bits per heavy atom. The molecule has 1 aliphatic heterocycles. The number of aromatic nitrogens is 1. The van der Waals surface area contributed by atoms with E-state index in [1.54, 1.807) is 0 Å². The molecule has 1 saturated heterocycles. The molecule has 1 aromatic carbocycles. The Balaban J connectivity index is 1.79. The normalized spacial score (nSPS) is 18.5. The number of nitriles is 1. The van der Waals surface area contributed by atoms with Crippen molar-refractivity contribution in [1.82, 2.24) is 4.98 Å². The molecule has 25 heavy (non-hydrogen) atoms. The van der Waals surface area contributed by atoms with Gasteiger partial charge in [0, 0.05) is 25.1 Å². The summed E-state index contributed by atoms with van der Waals surface area (Å²) in [6, 6.07) is 8.37. The number of nitrogens with zero attached hydrogens (tertiary/aromatic N) is 2. The van der Waals surface area contributed by atoms with Gasteiger partial charge in [-0.15, -0.1) is 0 Å². The molecule has 2 heterocycles. The van der Waals surface area contributed by atoms with Crippen LogP contribution < -0.4 is 10.5 Å². The highest BCUT2D eigenvalue weighted by molar-refractivity contribution is 5.95. The van der Waals surface area contributed by atoms with Crippen molar-refractivity contribution in [2.75, 3.05) is 24.6 Å². The minimum absolute atomic E-state index is 0.223. The molecule has 4 rings (SSSR count). The average molecular weight is 337 g/mol. The Hall–Kier alpha value is -2.32. The number of aliphatic hydroxyl groups excluding tert-OH is 1. The second-order valence-electron chi connectivity index (χ2n) is 7.31. The van der Waals surface area contributed by atoms with Crippen molar-refractivity contribution < 1.29 is 5.11 Å². The van der Waals surface area contributed by atoms with Crippen molar-refractivity contribution in [3.63, 3.8) is 0 Å². The molecule has 130 valence electrons. The zero-order valence-electron chi connectivity index (χ0n) is 14.3. The van der Waals surface area contributed by atoms with Crippen molar-refractivity contribution >= 4 is 16.6 Å². The van der Waals surface area contributed by atoms with Crippen LogP contribution in [0.1, 0.15) is 49.1 Å². The number of pyridine rings is 1. The third kappa shape index (κ3) is 3.03. The molecule has 2 N–H and O–H groups in total. The highest BCUT2D eigenvalue weighted by Crippen LogP contribution is 2.42. The number of rotatable bonds is 4. The molecule has 1 aromatic heterocycles. The van der Waals surface area contributed by atoms with Gasteiger partial charge in [0.05, 0.1) is 11.2 Å². The monoisotopic (exact) mass is 337 g/mol. The zero-order valence-corrected chi connectivity index (χ0v) is 14.3. The fraction of sp³-hybridized carbons (Fsp3) is 0.500. The van der Waals surface area contributed by atoms with Gasteiger partial charge in [-0.25, -0.2) is 0 Å². The molecular weight excluding hydrogens is 314 g/mol. The minimum atomic E-state index is -0.304. The summed E-state index contributed by atoms with van der Waals surface area (Å²) in [5.74, 6) is 1.16. The van der Waals surface area contributed by atoms with Gasteiger partial charge in [0.1, 0.15) is 11.6 Å². The van der Waals surface area contributed by atoms with Gasteiger partial charge in [-0.1, -0.05) is 6.07 Å². The number of hydrogen-bond donors (Lipinski definition) is 2. The highest BCUT2D eigenvalue weighted by atomic mass is 16.3. The van der Waals surface area contributed by atoms with Crippen LogP contribution in [0.4, 0.5) is 5.69 Å². The maximum absolute atomic E-state index is 12.4. The summed E-state index contributed by atoms with van der Waals surface area (Å²) in [5, 5.41) is 19.7. The van der Waals surface area contributed by atoms with E-state index in [1.807, 2.05) is 6.07 Å². The highest BCUT2D eigenvalue weighted by Gasteiger charge is 2.27. The summed E-state index contributed by atoms with van der Waals surface area (Å²) < 4.78 is 0. The van der Waals surface area contributed by atoms with E-state index in [4.69, 9.17) is 5.11 Å². The van der Waals surface area contributed by atoms with Gasteiger partial charge in [0.2, 0.25) is 0 Å². The predicted molar refractivity (Wildman–Crippen MR) is 97.9 cm³/mol. The van der Waals surface area contributed by atoms with Crippen LogP contribution in [0.3, 0.4) is 0 Å². The first-order chi connectivity index (χ1) is 12.2. The van der Waals surface area contributed by atoms with Crippen LogP contribution >= 0.6 is 0 Å². The van der Waals surface area contributed by atoms with Crippen molar-refractivity contribution in [2.45, 2.75) is 38.0 Å². The first kappa shape index (κ1) is 16.2. The Bertz CT molecular complexity index is 884. The van der Waals surface area contributed by atoms with Gasteiger partial charge >= 0.3 is 0 Å².